The number of nitro benzene ring substituents is 1. The minimum atomic E-state index is -0.503. The Balaban J connectivity index is 2.39. The molecule has 120 valence electrons. The highest BCUT2D eigenvalue weighted by atomic mass is 32.2. The fourth-order valence-corrected chi connectivity index (χ4v) is 2.73. The van der Waals surface area contributed by atoms with Gasteiger partial charge in [-0.2, -0.15) is 0 Å². The zero-order valence-electron chi connectivity index (χ0n) is 12.7. The summed E-state index contributed by atoms with van der Waals surface area (Å²) in [6.07, 6.45) is 1.74. The number of rotatable bonds is 5. The van der Waals surface area contributed by atoms with E-state index in [9.17, 15) is 19.3 Å². The van der Waals surface area contributed by atoms with Gasteiger partial charge < -0.3 is 4.90 Å². The summed E-state index contributed by atoms with van der Waals surface area (Å²) in [5.74, 6) is -0.757. The first kappa shape index (κ1) is 17.0. The van der Waals surface area contributed by atoms with E-state index in [4.69, 9.17) is 0 Å². The monoisotopic (exact) mass is 334 g/mol. The highest BCUT2D eigenvalue weighted by Crippen LogP contribution is 2.29. The number of nitro groups is 1. The molecule has 1 amide bonds. The predicted octanol–water partition coefficient (Wildman–Crippen LogP) is 4.12. The summed E-state index contributed by atoms with van der Waals surface area (Å²) >= 11 is 1.25. The van der Waals surface area contributed by atoms with Crippen LogP contribution in [0.1, 0.15) is 17.3 Å². The number of benzene rings is 2. The molecule has 0 N–H and O–H groups in total. The van der Waals surface area contributed by atoms with Crippen molar-refractivity contribution in [2.24, 2.45) is 0 Å². The van der Waals surface area contributed by atoms with Gasteiger partial charge in [0.25, 0.3) is 11.6 Å². The van der Waals surface area contributed by atoms with Crippen LogP contribution in [-0.2, 0) is 0 Å². The van der Waals surface area contributed by atoms with Crippen molar-refractivity contribution in [3.63, 3.8) is 0 Å². The van der Waals surface area contributed by atoms with Crippen LogP contribution in [0.2, 0.25) is 0 Å². The van der Waals surface area contributed by atoms with Gasteiger partial charge in [0, 0.05) is 23.9 Å². The van der Waals surface area contributed by atoms with Crippen LogP contribution >= 0.6 is 11.8 Å². The second kappa shape index (κ2) is 7.23. The number of hydrogen-bond acceptors (Lipinski definition) is 4. The van der Waals surface area contributed by atoms with Crippen LogP contribution in [0, 0.1) is 15.9 Å². The zero-order chi connectivity index (χ0) is 17.0. The van der Waals surface area contributed by atoms with Crippen LogP contribution in [0.5, 0.6) is 0 Å². The second-order valence-electron chi connectivity index (χ2n) is 4.67. The van der Waals surface area contributed by atoms with Crippen molar-refractivity contribution in [2.45, 2.75) is 11.8 Å². The van der Waals surface area contributed by atoms with Crippen molar-refractivity contribution < 1.29 is 14.1 Å². The Morgan fingerprint density at radius 1 is 1.26 bits per heavy atom. The molecule has 2 aromatic carbocycles. The number of carbonyl (C=O) groups excluding carboxylic acids is 1. The first-order valence-corrected chi connectivity index (χ1v) is 8.10. The minimum absolute atomic E-state index is 0.0986. The van der Waals surface area contributed by atoms with Gasteiger partial charge in [0.1, 0.15) is 5.82 Å². The maximum absolute atomic E-state index is 13.0. The molecule has 0 heterocycles. The van der Waals surface area contributed by atoms with Crippen LogP contribution in [0.25, 0.3) is 0 Å². The molecule has 0 aliphatic rings. The van der Waals surface area contributed by atoms with Crippen LogP contribution < -0.4 is 4.90 Å². The topological polar surface area (TPSA) is 63.5 Å². The number of hydrogen-bond donors (Lipinski definition) is 0. The fraction of sp³-hybridized carbons (Fsp3) is 0.188. The third kappa shape index (κ3) is 3.68. The van der Waals surface area contributed by atoms with Crippen LogP contribution in [0.15, 0.2) is 47.4 Å². The number of thioether (sulfide) groups is 1. The van der Waals surface area contributed by atoms with Crippen LogP contribution in [0.3, 0.4) is 0 Å². The summed E-state index contributed by atoms with van der Waals surface area (Å²) in [5, 5.41) is 11.1. The second-order valence-corrected chi connectivity index (χ2v) is 5.52. The van der Waals surface area contributed by atoms with Gasteiger partial charge in [0.05, 0.1) is 9.82 Å². The Kier molecular flexibility index (Phi) is 5.33. The maximum Gasteiger partial charge on any atom is 0.283 e. The molecule has 0 aliphatic carbocycles. The first-order valence-electron chi connectivity index (χ1n) is 6.87. The van der Waals surface area contributed by atoms with E-state index in [0.717, 1.165) is 0 Å². The van der Waals surface area contributed by atoms with E-state index in [1.54, 1.807) is 25.3 Å². The Hall–Kier alpha value is -2.41. The van der Waals surface area contributed by atoms with Gasteiger partial charge in [-0.25, -0.2) is 4.39 Å². The summed E-state index contributed by atoms with van der Waals surface area (Å²) in [6, 6.07) is 9.94. The Morgan fingerprint density at radius 3 is 2.43 bits per heavy atom. The van der Waals surface area contributed by atoms with Crippen molar-refractivity contribution in [3.05, 3.63) is 64.0 Å². The third-order valence-corrected chi connectivity index (χ3v) is 4.11. The molecule has 0 aromatic heterocycles. The lowest BCUT2D eigenvalue weighted by Gasteiger charge is -2.21. The number of nitrogens with zero attached hydrogens (tertiary/aromatic N) is 2. The highest BCUT2D eigenvalue weighted by molar-refractivity contribution is 7.98. The molecule has 7 heteroatoms. The SMILES string of the molecule is CCN(C(=O)c1ccc(SC)c([N+](=O)[O-])c1)c1ccc(F)cc1. The zero-order valence-corrected chi connectivity index (χ0v) is 13.5. The summed E-state index contributed by atoms with van der Waals surface area (Å²) < 4.78 is 13.0. The summed E-state index contributed by atoms with van der Waals surface area (Å²) in [6.45, 7) is 2.15. The molecule has 2 rings (SSSR count). The Labute approximate surface area is 137 Å². The van der Waals surface area contributed by atoms with E-state index in [1.807, 2.05) is 0 Å². The van der Waals surface area contributed by atoms with Gasteiger partial charge >= 0.3 is 0 Å². The molecule has 0 radical (unpaired) electrons. The van der Waals surface area contributed by atoms with Crippen LogP contribution in [-0.4, -0.2) is 23.6 Å². The van der Waals surface area contributed by atoms with E-state index in [1.165, 1.54) is 47.0 Å². The number of amides is 1. The van der Waals surface area contributed by atoms with Gasteiger partial charge in [-0.15, -0.1) is 11.8 Å². The van der Waals surface area contributed by atoms with Crippen molar-refractivity contribution >= 4 is 29.0 Å². The smallest absolute Gasteiger partial charge is 0.283 e. The minimum Gasteiger partial charge on any atom is -0.309 e. The van der Waals surface area contributed by atoms with Crippen molar-refractivity contribution in [2.75, 3.05) is 17.7 Å². The molecule has 0 atom stereocenters. The highest BCUT2D eigenvalue weighted by Gasteiger charge is 2.21. The molecule has 0 saturated heterocycles. The number of anilines is 1. The normalized spacial score (nSPS) is 10.4. The van der Waals surface area contributed by atoms with E-state index in [0.29, 0.717) is 17.1 Å². The molecule has 2 aromatic rings. The molecule has 0 spiro atoms. The van der Waals surface area contributed by atoms with Gasteiger partial charge in [-0.1, -0.05) is 0 Å². The number of halogens is 1. The van der Waals surface area contributed by atoms with Crippen molar-refractivity contribution in [1.29, 1.82) is 0 Å². The Bertz CT molecular complexity index is 735. The van der Waals surface area contributed by atoms with Gasteiger partial charge in [-0.3, -0.25) is 14.9 Å². The van der Waals surface area contributed by atoms with Crippen molar-refractivity contribution in [1.82, 2.24) is 0 Å². The molecule has 0 saturated carbocycles. The predicted molar refractivity (Wildman–Crippen MR) is 88.6 cm³/mol. The van der Waals surface area contributed by atoms with Crippen LogP contribution in [0.4, 0.5) is 15.8 Å². The maximum atomic E-state index is 13.0. The summed E-state index contributed by atoms with van der Waals surface area (Å²) in [7, 11) is 0. The molecule has 0 unspecified atom stereocenters. The van der Waals surface area contributed by atoms with E-state index < -0.39 is 10.7 Å². The van der Waals surface area contributed by atoms with Gasteiger partial charge in [-0.05, 0) is 49.6 Å². The molecular weight excluding hydrogens is 319 g/mol. The van der Waals surface area contributed by atoms with Gasteiger partial charge in [0.2, 0.25) is 0 Å². The van der Waals surface area contributed by atoms with Gasteiger partial charge in [0.15, 0.2) is 0 Å². The van der Waals surface area contributed by atoms with Crippen molar-refractivity contribution in [3.8, 4) is 0 Å². The van der Waals surface area contributed by atoms with E-state index in [2.05, 4.69) is 0 Å². The Morgan fingerprint density at radius 2 is 1.91 bits per heavy atom. The first-order chi connectivity index (χ1) is 11.0. The van der Waals surface area contributed by atoms with E-state index in [-0.39, 0.29) is 17.2 Å². The summed E-state index contributed by atoms with van der Waals surface area (Å²) in [4.78, 5) is 25.2. The molecule has 0 aliphatic heterocycles. The molecule has 5 nitrogen and oxygen atoms in total. The average Bonchev–Trinajstić information content (AvgIpc) is 2.56. The summed E-state index contributed by atoms with van der Waals surface area (Å²) in [5.41, 5.74) is 0.662. The lowest BCUT2D eigenvalue weighted by atomic mass is 10.1. The third-order valence-electron chi connectivity index (χ3n) is 3.32. The average molecular weight is 334 g/mol. The molecule has 23 heavy (non-hydrogen) atoms. The molecular formula is C16H15FN2O3S. The standard InChI is InChI=1S/C16H15FN2O3S/c1-3-18(13-7-5-12(17)6-8-13)16(20)11-4-9-15(23-2)14(10-11)19(21)22/h4-10H,3H2,1-2H3. The quantitative estimate of drug-likeness (QED) is 0.469. The molecule has 0 bridgehead atoms. The van der Waals surface area contributed by atoms with E-state index >= 15 is 0 Å². The lowest BCUT2D eigenvalue weighted by Crippen LogP contribution is -2.30. The lowest BCUT2D eigenvalue weighted by molar-refractivity contribution is -0.387. The fourth-order valence-electron chi connectivity index (χ4n) is 2.19. The number of carbonyl (C=O) groups is 1. The molecule has 0 fully saturated rings. The largest absolute Gasteiger partial charge is 0.309 e.